The van der Waals surface area contributed by atoms with Crippen LogP contribution in [0.4, 0.5) is 5.69 Å². The zero-order valence-corrected chi connectivity index (χ0v) is 9.35. The molecule has 0 bridgehead atoms. The number of thiocarbonyl (C=S) groups is 1. The maximum Gasteiger partial charge on any atom is 0.182 e. The smallest absolute Gasteiger partial charge is 0.182 e. The molecule has 1 aromatic carbocycles. The van der Waals surface area contributed by atoms with Crippen molar-refractivity contribution in [3.05, 3.63) is 18.2 Å². The van der Waals surface area contributed by atoms with Gasteiger partial charge in [-0.15, -0.1) is 0 Å². The van der Waals surface area contributed by atoms with Crippen molar-refractivity contribution < 1.29 is 9.47 Å². The molecule has 0 atom stereocenters. The van der Waals surface area contributed by atoms with Crippen LogP contribution in [0.25, 0.3) is 0 Å². The first-order valence-corrected chi connectivity index (χ1v) is 4.61. The lowest BCUT2D eigenvalue weighted by Gasteiger charge is -2.11. The first kappa shape index (κ1) is 11.4. The SMILES string of the molecule is COc1ccc(NNC(N)=S)cc1OC. The summed E-state index contributed by atoms with van der Waals surface area (Å²) < 4.78 is 10.2. The van der Waals surface area contributed by atoms with Crippen molar-refractivity contribution in [3.63, 3.8) is 0 Å². The van der Waals surface area contributed by atoms with Crippen LogP contribution in [-0.4, -0.2) is 19.3 Å². The summed E-state index contributed by atoms with van der Waals surface area (Å²) in [5.41, 5.74) is 11.5. The summed E-state index contributed by atoms with van der Waals surface area (Å²) in [5, 5.41) is 0.171. The van der Waals surface area contributed by atoms with Gasteiger partial charge in [0.2, 0.25) is 0 Å². The summed E-state index contributed by atoms with van der Waals surface area (Å²) in [6.07, 6.45) is 0. The Bertz CT molecular complexity index is 357. The molecule has 0 aliphatic heterocycles. The molecule has 0 aliphatic carbocycles. The lowest BCUT2D eigenvalue weighted by atomic mass is 10.3. The van der Waals surface area contributed by atoms with E-state index in [-0.39, 0.29) is 5.11 Å². The van der Waals surface area contributed by atoms with E-state index in [4.69, 9.17) is 15.2 Å². The third kappa shape index (κ3) is 3.17. The molecule has 0 fully saturated rings. The second kappa shape index (κ2) is 5.26. The number of methoxy groups -OCH3 is 2. The Morgan fingerprint density at radius 1 is 1.27 bits per heavy atom. The Balaban J connectivity index is 2.78. The highest BCUT2D eigenvalue weighted by Gasteiger charge is 2.03. The summed E-state index contributed by atoms with van der Waals surface area (Å²) in [4.78, 5) is 0. The van der Waals surface area contributed by atoms with E-state index in [1.165, 1.54) is 0 Å². The van der Waals surface area contributed by atoms with Crippen molar-refractivity contribution in [3.8, 4) is 11.5 Å². The monoisotopic (exact) mass is 227 g/mol. The molecule has 5 nitrogen and oxygen atoms in total. The predicted octanol–water partition coefficient (Wildman–Crippen LogP) is 0.864. The van der Waals surface area contributed by atoms with E-state index >= 15 is 0 Å². The van der Waals surface area contributed by atoms with Crippen molar-refractivity contribution in [2.45, 2.75) is 0 Å². The summed E-state index contributed by atoms with van der Waals surface area (Å²) in [5.74, 6) is 1.30. The number of nitrogens with two attached hydrogens (primary N) is 1. The van der Waals surface area contributed by atoms with Gasteiger partial charge < -0.3 is 15.2 Å². The Morgan fingerprint density at radius 3 is 2.47 bits per heavy atom. The predicted molar refractivity (Wildman–Crippen MR) is 63.1 cm³/mol. The number of ether oxygens (including phenoxy) is 2. The van der Waals surface area contributed by atoms with Gasteiger partial charge in [-0.3, -0.25) is 10.9 Å². The quantitative estimate of drug-likeness (QED) is 0.523. The van der Waals surface area contributed by atoms with Gasteiger partial charge in [0.1, 0.15) is 0 Å². The molecule has 0 saturated heterocycles. The molecule has 0 saturated carbocycles. The normalized spacial score (nSPS) is 9.20. The number of nitrogens with one attached hydrogen (secondary N) is 2. The molecule has 0 aromatic heterocycles. The van der Waals surface area contributed by atoms with Crippen molar-refractivity contribution in [1.82, 2.24) is 5.43 Å². The summed E-state index contributed by atoms with van der Waals surface area (Å²) in [7, 11) is 3.15. The average Bonchev–Trinajstić information content (AvgIpc) is 2.25. The fraction of sp³-hybridized carbons (Fsp3) is 0.222. The molecular formula is C9H13N3O2S. The van der Waals surface area contributed by atoms with Crippen LogP contribution < -0.4 is 26.1 Å². The summed E-state index contributed by atoms with van der Waals surface area (Å²) in [6.45, 7) is 0. The fourth-order valence-electron chi connectivity index (χ4n) is 1.05. The number of rotatable bonds is 4. The zero-order chi connectivity index (χ0) is 11.3. The molecule has 0 heterocycles. The summed E-state index contributed by atoms with van der Waals surface area (Å²) >= 11 is 4.65. The van der Waals surface area contributed by atoms with E-state index in [0.717, 1.165) is 5.69 Å². The molecule has 6 heteroatoms. The lowest BCUT2D eigenvalue weighted by Crippen LogP contribution is -2.33. The minimum Gasteiger partial charge on any atom is -0.493 e. The highest BCUT2D eigenvalue weighted by molar-refractivity contribution is 7.80. The Morgan fingerprint density at radius 2 is 1.93 bits per heavy atom. The van der Waals surface area contributed by atoms with Crippen molar-refractivity contribution in [2.24, 2.45) is 5.73 Å². The Kier molecular flexibility index (Phi) is 3.99. The second-order valence-electron chi connectivity index (χ2n) is 2.68. The molecular weight excluding hydrogens is 214 g/mol. The zero-order valence-electron chi connectivity index (χ0n) is 8.53. The molecule has 82 valence electrons. The van der Waals surface area contributed by atoms with Gasteiger partial charge in [-0.25, -0.2) is 0 Å². The molecule has 1 rings (SSSR count). The molecule has 0 spiro atoms. The Labute approximate surface area is 93.5 Å². The third-order valence-corrected chi connectivity index (χ3v) is 1.82. The van der Waals surface area contributed by atoms with Crippen LogP contribution in [0.3, 0.4) is 0 Å². The molecule has 0 aliphatic rings. The van der Waals surface area contributed by atoms with E-state index in [1.54, 1.807) is 26.4 Å². The minimum absolute atomic E-state index is 0.171. The van der Waals surface area contributed by atoms with Gasteiger partial charge in [-0.2, -0.15) is 0 Å². The minimum atomic E-state index is 0.171. The van der Waals surface area contributed by atoms with Crippen molar-refractivity contribution in [1.29, 1.82) is 0 Å². The van der Waals surface area contributed by atoms with Gasteiger partial charge in [0, 0.05) is 6.07 Å². The molecule has 0 amide bonds. The highest BCUT2D eigenvalue weighted by atomic mass is 32.1. The second-order valence-corrected chi connectivity index (χ2v) is 3.12. The lowest BCUT2D eigenvalue weighted by molar-refractivity contribution is 0.355. The van der Waals surface area contributed by atoms with Gasteiger partial charge >= 0.3 is 0 Å². The van der Waals surface area contributed by atoms with Crippen LogP contribution in [0.15, 0.2) is 18.2 Å². The van der Waals surface area contributed by atoms with Crippen LogP contribution in [-0.2, 0) is 0 Å². The Hall–Kier alpha value is -1.69. The van der Waals surface area contributed by atoms with E-state index in [2.05, 4.69) is 23.1 Å². The maximum absolute atomic E-state index is 5.27. The van der Waals surface area contributed by atoms with Gasteiger partial charge in [0.25, 0.3) is 0 Å². The number of hydrogen-bond acceptors (Lipinski definition) is 4. The van der Waals surface area contributed by atoms with Gasteiger partial charge in [-0.05, 0) is 24.4 Å². The molecule has 0 radical (unpaired) electrons. The first-order valence-electron chi connectivity index (χ1n) is 4.21. The molecule has 15 heavy (non-hydrogen) atoms. The third-order valence-electron chi connectivity index (χ3n) is 1.71. The number of hydrogen-bond donors (Lipinski definition) is 3. The van der Waals surface area contributed by atoms with Crippen LogP contribution >= 0.6 is 12.2 Å². The highest BCUT2D eigenvalue weighted by Crippen LogP contribution is 2.29. The van der Waals surface area contributed by atoms with Crippen molar-refractivity contribution in [2.75, 3.05) is 19.6 Å². The summed E-state index contributed by atoms with van der Waals surface area (Å²) in [6, 6.07) is 5.36. The number of benzene rings is 1. The van der Waals surface area contributed by atoms with E-state index in [1.807, 2.05) is 6.07 Å². The van der Waals surface area contributed by atoms with Gasteiger partial charge in [0.15, 0.2) is 16.6 Å². The molecule has 4 N–H and O–H groups in total. The number of anilines is 1. The number of hydrazine groups is 1. The standard InChI is InChI=1S/C9H13N3O2S/c1-13-7-4-3-6(5-8(7)14-2)11-12-9(10)15/h3-5,11H,1-2H3,(H3,10,12,15). The van der Waals surface area contributed by atoms with Crippen LogP contribution in [0.5, 0.6) is 11.5 Å². The average molecular weight is 227 g/mol. The van der Waals surface area contributed by atoms with Gasteiger partial charge in [-0.1, -0.05) is 0 Å². The first-order chi connectivity index (χ1) is 7.17. The largest absolute Gasteiger partial charge is 0.493 e. The van der Waals surface area contributed by atoms with Crippen LogP contribution in [0.1, 0.15) is 0 Å². The molecule has 1 aromatic rings. The van der Waals surface area contributed by atoms with E-state index in [9.17, 15) is 0 Å². The fourth-order valence-corrected chi connectivity index (χ4v) is 1.10. The van der Waals surface area contributed by atoms with Crippen LogP contribution in [0, 0.1) is 0 Å². The molecule has 0 unspecified atom stereocenters. The van der Waals surface area contributed by atoms with Crippen LogP contribution in [0.2, 0.25) is 0 Å². The van der Waals surface area contributed by atoms with Gasteiger partial charge in [0.05, 0.1) is 19.9 Å². The topological polar surface area (TPSA) is 68.5 Å². The van der Waals surface area contributed by atoms with E-state index < -0.39 is 0 Å². The van der Waals surface area contributed by atoms with E-state index in [0.29, 0.717) is 11.5 Å². The van der Waals surface area contributed by atoms with Crippen molar-refractivity contribution >= 4 is 23.0 Å². The maximum atomic E-state index is 5.27.